The van der Waals surface area contributed by atoms with E-state index in [9.17, 15) is 10.2 Å². The highest BCUT2D eigenvalue weighted by molar-refractivity contribution is 4.92. The summed E-state index contributed by atoms with van der Waals surface area (Å²) in [5, 5.41) is 21.1. The summed E-state index contributed by atoms with van der Waals surface area (Å²) in [6, 6.07) is 0. The molecule has 144 valence electrons. The molecule has 1 saturated carbocycles. The van der Waals surface area contributed by atoms with Crippen LogP contribution >= 0.6 is 0 Å². The molecule has 1 fully saturated rings. The normalized spacial score (nSPS) is 29.1. The zero-order valence-corrected chi connectivity index (χ0v) is 16.9. The monoisotopic (exact) mass is 340 g/mol. The molecule has 1 aliphatic carbocycles. The zero-order valence-electron chi connectivity index (χ0n) is 16.9. The molecule has 0 heterocycles. The van der Waals surface area contributed by atoms with Crippen LogP contribution < -0.4 is 0 Å². The molecule has 2 nitrogen and oxygen atoms in total. The third-order valence-electron chi connectivity index (χ3n) is 6.46. The van der Waals surface area contributed by atoms with Crippen LogP contribution in [0.25, 0.3) is 0 Å². The Morgan fingerprint density at radius 3 is 2.00 bits per heavy atom. The summed E-state index contributed by atoms with van der Waals surface area (Å²) in [6.45, 7) is 8.86. The van der Waals surface area contributed by atoms with E-state index < -0.39 is 0 Å². The Morgan fingerprint density at radius 2 is 1.50 bits per heavy atom. The first-order valence-electron chi connectivity index (χ1n) is 10.8. The Bertz CT molecular complexity index is 315. The molecule has 24 heavy (non-hydrogen) atoms. The number of unbranched alkanes of at least 4 members (excludes halogenated alkanes) is 8. The zero-order chi connectivity index (χ0) is 18.0. The summed E-state index contributed by atoms with van der Waals surface area (Å²) >= 11 is 0. The van der Waals surface area contributed by atoms with Crippen molar-refractivity contribution in [3.63, 3.8) is 0 Å². The molecule has 1 aliphatic rings. The first-order valence-corrected chi connectivity index (χ1v) is 10.8. The van der Waals surface area contributed by atoms with Gasteiger partial charge in [0.2, 0.25) is 0 Å². The van der Waals surface area contributed by atoms with Crippen LogP contribution in [-0.2, 0) is 0 Å². The van der Waals surface area contributed by atoms with Crippen molar-refractivity contribution < 1.29 is 10.2 Å². The quantitative estimate of drug-likeness (QED) is 0.422. The fourth-order valence-corrected chi connectivity index (χ4v) is 4.50. The van der Waals surface area contributed by atoms with Gasteiger partial charge in [-0.05, 0) is 42.9 Å². The van der Waals surface area contributed by atoms with E-state index in [4.69, 9.17) is 0 Å². The van der Waals surface area contributed by atoms with Gasteiger partial charge in [-0.1, -0.05) is 85.5 Å². The van der Waals surface area contributed by atoms with E-state index in [1.54, 1.807) is 0 Å². The molecule has 4 atom stereocenters. The molecule has 2 heteroatoms. The van der Waals surface area contributed by atoms with Crippen molar-refractivity contribution in [2.24, 2.45) is 17.3 Å². The SMILES string of the molecule is CCCCCCCCCCCC(O)[C@@]1(C)CC[C@@H](C(C)C)[C@H](O)C1. The van der Waals surface area contributed by atoms with Crippen LogP contribution in [0, 0.1) is 17.3 Å². The van der Waals surface area contributed by atoms with Gasteiger partial charge in [-0.15, -0.1) is 0 Å². The van der Waals surface area contributed by atoms with Gasteiger partial charge in [0, 0.05) is 0 Å². The lowest BCUT2D eigenvalue weighted by Gasteiger charge is -2.44. The molecule has 0 aromatic heterocycles. The maximum absolute atomic E-state index is 10.7. The van der Waals surface area contributed by atoms with Crippen molar-refractivity contribution >= 4 is 0 Å². The van der Waals surface area contributed by atoms with Crippen molar-refractivity contribution in [2.75, 3.05) is 0 Å². The Labute approximate surface area is 151 Å². The van der Waals surface area contributed by atoms with Gasteiger partial charge in [0.05, 0.1) is 12.2 Å². The molecule has 0 aromatic carbocycles. The fraction of sp³-hybridized carbons (Fsp3) is 1.00. The minimum absolute atomic E-state index is 0.0784. The van der Waals surface area contributed by atoms with Crippen LogP contribution in [0.2, 0.25) is 0 Å². The van der Waals surface area contributed by atoms with Gasteiger partial charge in [-0.3, -0.25) is 0 Å². The van der Waals surface area contributed by atoms with Gasteiger partial charge in [0.1, 0.15) is 0 Å². The molecule has 0 spiro atoms. The first-order chi connectivity index (χ1) is 11.4. The maximum atomic E-state index is 10.7. The van der Waals surface area contributed by atoms with Crippen molar-refractivity contribution in [1.82, 2.24) is 0 Å². The van der Waals surface area contributed by atoms with E-state index in [0.717, 1.165) is 32.1 Å². The second kappa shape index (κ2) is 11.5. The highest BCUT2D eigenvalue weighted by Crippen LogP contribution is 2.44. The number of hydrogen-bond donors (Lipinski definition) is 2. The molecule has 1 rings (SSSR count). The molecule has 0 radical (unpaired) electrons. The van der Waals surface area contributed by atoms with Crippen LogP contribution in [0.4, 0.5) is 0 Å². The largest absolute Gasteiger partial charge is 0.393 e. The maximum Gasteiger partial charge on any atom is 0.0594 e. The van der Waals surface area contributed by atoms with Crippen molar-refractivity contribution in [3.8, 4) is 0 Å². The second-order valence-electron chi connectivity index (χ2n) is 9.00. The molecule has 0 bridgehead atoms. The molecule has 0 aromatic rings. The summed E-state index contributed by atoms with van der Waals surface area (Å²) in [7, 11) is 0. The lowest BCUT2D eigenvalue weighted by molar-refractivity contribution is -0.0703. The predicted octanol–water partition coefficient (Wildman–Crippen LogP) is 6.09. The molecule has 0 amide bonds. The number of aliphatic hydroxyl groups is 2. The predicted molar refractivity (Wildman–Crippen MR) is 104 cm³/mol. The van der Waals surface area contributed by atoms with Gasteiger partial charge < -0.3 is 10.2 Å². The number of rotatable bonds is 12. The minimum Gasteiger partial charge on any atom is -0.393 e. The van der Waals surface area contributed by atoms with E-state index >= 15 is 0 Å². The third-order valence-corrected chi connectivity index (χ3v) is 6.46. The first kappa shape index (κ1) is 22.0. The van der Waals surface area contributed by atoms with E-state index in [-0.39, 0.29) is 17.6 Å². The van der Waals surface area contributed by atoms with Gasteiger partial charge in [-0.2, -0.15) is 0 Å². The second-order valence-corrected chi connectivity index (χ2v) is 9.00. The summed E-state index contributed by atoms with van der Waals surface area (Å²) in [5.74, 6) is 0.956. The van der Waals surface area contributed by atoms with Crippen LogP contribution in [0.1, 0.15) is 111 Å². The van der Waals surface area contributed by atoms with E-state index in [2.05, 4.69) is 27.7 Å². The summed E-state index contributed by atoms with van der Waals surface area (Å²) in [5.41, 5.74) is -0.0784. The molecule has 1 unspecified atom stereocenters. The van der Waals surface area contributed by atoms with E-state index in [0.29, 0.717) is 11.8 Å². The Hall–Kier alpha value is -0.0800. The summed E-state index contributed by atoms with van der Waals surface area (Å²) < 4.78 is 0. The Kier molecular flexibility index (Phi) is 10.5. The highest BCUT2D eigenvalue weighted by atomic mass is 16.3. The Balaban J connectivity index is 2.15. The van der Waals surface area contributed by atoms with Crippen LogP contribution in [0.3, 0.4) is 0 Å². The van der Waals surface area contributed by atoms with Crippen LogP contribution in [0.5, 0.6) is 0 Å². The highest BCUT2D eigenvalue weighted by Gasteiger charge is 2.41. The summed E-state index contributed by atoms with van der Waals surface area (Å²) in [6.07, 6.45) is 15.2. The number of aliphatic hydroxyl groups excluding tert-OH is 2. The third kappa shape index (κ3) is 7.44. The summed E-state index contributed by atoms with van der Waals surface area (Å²) in [4.78, 5) is 0. The molecule has 0 saturated heterocycles. The van der Waals surface area contributed by atoms with Crippen molar-refractivity contribution in [1.29, 1.82) is 0 Å². The molecule has 2 N–H and O–H groups in total. The van der Waals surface area contributed by atoms with Crippen molar-refractivity contribution in [2.45, 2.75) is 123 Å². The average molecular weight is 341 g/mol. The molecule has 0 aliphatic heterocycles. The average Bonchev–Trinajstić information content (AvgIpc) is 2.52. The lowest BCUT2D eigenvalue weighted by atomic mass is 9.64. The van der Waals surface area contributed by atoms with Gasteiger partial charge in [0.15, 0.2) is 0 Å². The lowest BCUT2D eigenvalue weighted by Crippen LogP contribution is -2.43. The standard InChI is InChI=1S/C22H44O2/c1-5-6-7-8-9-10-11-12-13-14-21(24)22(4)16-15-19(18(2)3)20(23)17-22/h18-21,23-24H,5-17H2,1-4H3/t19-,20+,21?,22-/m0/s1. The van der Waals surface area contributed by atoms with Gasteiger partial charge in [-0.25, -0.2) is 0 Å². The van der Waals surface area contributed by atoms with E-state index in [1.165, 1.54) is 51.4 Å². The fourth-order valence-electron chi connectivity index (χ4n) is 4.50. The van der Waals surface area contributed by atoms with Gasteiger partial charge >= 0.3 is 0 Å². The van der Waals surface area contributed by atoms with Gasteiger partial charge in [0.25, 0.3) is 0 Å². The van der Waals surface area contributed by atoms with Crippen LogP contribution in [0.15, 0.2) is 0 Å². The minimum atomic E-state index is -0.246. The molecular formula is C22H44O2. The molecular weight excluding hydrogens is 296 g/mol. The van der Waals surface area contributed by atoms with Crippen molar-refractivity contribution in [3.05, 3.63) is 0 Å². The van der Waals surface area contributed by atoms with Crippen LogP contribution in [-0.4, -0.2) is 22.4 Å². The smallest absolute Gasteiger partial charge is 0.0594 e. The Morgan fingerprint density at radius 1 is 0.958 bits per heavy atom. The van der Waals surface area contributed by atoms with E-state index in [1.807, 2.05) is 0 Å². The topological polar surface area (TPSA) is 40.5 Å². The number of hydrogen-bond acceptors (Lipinski definition) is 2.